The molecule has 18 heavy (non-hydrogen) atoms. The maximum absolute atomic E-state index is 11.7. The van der Waals surface area contributed by atoms with Gasteiger partial charge in [-0.1, -0.05) is 0 Å². The molecule has 2 rings (SSSR count). The Kier molecular flexibility index (Phi) is 4.62. The van der Waals surface area contributed by atoms with Gasteiger partial charge in [-0.3, -0.25) is 9.69 Å². The van der Waals surface area contributed by atoms with Crippen LogP contribution in [0.2, 0.25) is 0 Å². The van der Waals surface area contributed by atoms with Crippen molar-refractivity contribution >= 4 is 5.97 Å². The molecule has 0 saturated carbocycles. The summed E-state index contributed by atoms with van der Waals surface area (Å²) in [6.45, 7) is 7.59. The van der Waals surface area contributed by atoms with E-state index in [1.807, 2.05) is 13.8 Å². The number of carbonyl (C=O) groups is 1. The van der Waals surface area contributed by atoms with Crippen LogP contribution in [0.25, 0.3) is 0 Å². The number of likely N-dealkylation sites (tertiary alicyclic amines) is 2. The standard InChI is InChI=1S/C14H26N2O2/c1-11(2)18-14(17)10-16-8-6-13-12(9-16)5-4-7-15(13)3/h11-13H,4-10H2,1-3H3. The van der Waals surface area contributed by atoms with Gasteiger partial charge in [0.15, 0.2) is 0 Å². The molecule has 2 atom stereocenters. The van der Waals surface area contributed by atoms with Gasteiger partial charge in [0.2, 0.25) is 0 Å². The van der Waals surface area contributed by atoms with Crippen molar-refractivity contribution in [2.24, 2.45) is 5.92 Å². The number of fused-ring (bicyclic) bond motifs is 1. The third-order valence-electron chi connectivity index (χ3n) is 4.15. The summed E-state index contributed by atoms with van der Waals surface area (Å²) in [5.74, 6) is 0.664. The minimum atomic E-state index is -0.0763. The van der Waals surface area contributed by atoms with Crippen LogP contribution in [0.5, 0.6) is 0 Å². The van der Waals surface area contributed by atoms with Crippen molar-refractivity contribution in [1.29, 1.82) is 0 Å². The number of nitrogens with zero attached hydrogens (tertiary/aromatic N) is 2. The van der Waals surface area contributed by atoms with Crippen LogP contribution in [0.3, 0.4) is 0 Å². The van der Waals surface area contributed by atoms with Crippen LogP contribution < -0.4 is 0 Å². The first-order valence-electron chi connectivity index (χ1n) is 7.18. The van der Waals surface area contributed by atoms with Gasteiger partial charge in [0.25, 0.3) is 0 Å². The fourth-order valence-corrected chi connectivity index (χ4v) is 3.35. The van der Waals surface area contributed by atoms with E-state index in [2.05, 4.69) is 16.8 Å². The van der Waals surface area contributed by atoms with Gasteiger partial charge in [0.1, 0.15) is 0 Å². The zero-order chi connectivity index (χ0) is 13.1. The Bertz CT molecular complexity index is 294. The highest BCUT2D eigenvalue weighted by Crippen LogP contribution is 2.29. The third kappa shape index (κ3) is 3.45. The van der Waals surface area contributed by atoms with Gasteiger partial charge in [-0.15, -0.1) is 0 Å². The van der Waals surface area contributed by atoms with Crippen LogP contribution in [0.15, 0.2) is 0 Å². The smallest absolute Gasteiger partial charge is 0.320 e. The lowest BCUT2D eigenvalue weighted by Crippen LogP contribution is -2.53. The van der Waals surface area contributed by atoms with Gasteiger partial charge < -0.3 is 9.64 Å². The van der Waals surface area contributed by atoms with Crippen LogP contribution in [-0.2, 0) is 9.53 Å². The van der Waals surface area contributed by atoms with E-state index < -0.39 is 0 Å². The van der Waals surface area contributed by atoms with E-state index in [-0.39, 0.29) is 12.1 Å². The average molecular weight is 254 g/mol. The molecule has 0 aromatic rings. The molecule has 0 radical (unpaired) electrons. The summed E-state index contributed by atoms with van der Waals surface area (Å²) in [7, 11) is 2.24. The molecule has 0 spiro atoms. The second-order valence-corrected chi connectivity index (χ2v) is 6.01. The molecule has 2 aliphatic rings. The second kappa shape index (κ2) is 6.02. The quantitative estimate of drug-likeness (QED) is 0.712. The molecular formula is C14H26N2O2. The minimum Gasteiger partial charge on any atom is -0.462 e. The fraction of sp³-hybridized carbons (Fsp3) is 0.929. The van der Waals surface area contributed by atoms with Gasteiger partial charge in [-0.25, -0.2) is 0 Å². The van der Waals surface area contributed by atoms with E-state index in [9.17, 15) is 4.79 Å². The topological polar surface area (TPSA) is 32.8 Å². The molecule has 0 N–H and O–H groups in total. The van der Waals surface area contributed by atoms with Crippen molar-refractivity contribution in [3.05, 3.63) is 0 Å². The van der Waals surface area contributed by atoms with E-state index in [1.165, 1.54) is 25.8 Å². The maximum atomic E-state index is 11.7. The van der Waals surface area contributed by atoms with Crippen LogP contribution in [0.4, 0.5) is 0 Å². The zero-order valence-electron chi connectivity index (χ0n) is 11.9. The van der Waals surface area contributed by atoms with Crippen molar-refractivity contribution in [1.82, 2.24) is 9.80 Å². The normalized spacial score (nSPS) is 30.2. The Morgan fingerprint density at radius 1 is 1.33 bits per heavy atom. The lowest BCUT2D eigenvalue weighted by molar-refractivity contribution is -0.149. The highest BCUT2D eigenvalue weighted by molar-refractivity contribution is 5.71. The molecular weight excluding hydrogens is 228 g/mol. The number of esters is 1. The Balaban J connectivity index is 1.81. The van der Waals surface area contributed by atoms with Crippen molar-refractivity contribution in [2.45, 2.75) is 45.3 Å². The summed E-state index contributed by atoms with van der Waals surface area (Å²) in [6.07, 6.45) is 3.79. The lowest BCUT2D eigenvalue weighted by Gasteiger charge is -2.45. The molecule has 104 valence electrons. The SMILES string of the molecule is CC(C)OC(=O)CN1CCC2C(CCCN2C)C1. The predicted octanol–water partition coefficient (Wildman–Crippen LogP) is 1.35. The van der Waals surface area contributed by atoms with Crippen molar-refractivity contribution in [3.63, 3.8) is 0 Å². The molecule has 0 aliphatic carbocycles. The Hall–Kier alpha value is -0.610. The molecule has 2 saturated heterocycles. The summed E-state index contributed by atoms with van der Waals surface area (Å²) >= 11 is 0. The first kappa shape index (κ1) is 13.8. The largest absolute Gasteiger partial charge is 0.462 e. The molecule has 0 amide bonds. The van der Waals surface area contributed by atoms with Crippen LogP contribution in [0, 0.1) is 5.92 Å². The van der Waals surface area contributed by atoms with E-state index >= 15 is 0 Å². The third-order valence-corrected chi connectivity index (χ3v) is 4.15. The summed E-state index contributed by atoms with van der Waals surface area (Å²) < 4.78 is 5.22. The van der Waals surface area contributed by atoms with Crippen molar-refractivity contribution in [2.75, 3.05) is 33.2 Å². The first-order chi connectivity index (χ1) is 8.56. The first-order valence-corrected chi connectivity index (χ1v) is 7.18. The van der Waals surface area contributed by atoms with E-state index in [0.717, 1.165) is 25.0 Å². The number of carbonyl (C=O) groups excluding carboxylic acids is 1. The fourth-order valence-electron chi connectivity index (χ4n) is 3.35. The molecule has 2 aliphatic heterocycles. The van der Waals surface area contributed by atoms with E-state index in [4.69, 9.17) is 4.74 Å². The van der Waals surface area contributed by atoms with Crippen molar-refractivity contribution < 1.29 is 9.53 Å². The molecule has 2 unspecified atom stereocenters. The average Bonchev–Trinajstić information content (AvgIpc) is 2.27. The summed E-state index contributed by atoms with van der Waals surface area (Å²) in [5.41, 5.74) is 0. The minimum absolute atomic E-state index is 0.00384. The highest BCUT2D eigenvalue weighted by atomic mass is 16.5. The molecule has 4 heteroatoms. The molecule has 0 bridgehead atoms. The highest BCUT2D eigenvalue weighted by Gasteiger charge is 2.34. The molecule has 0 aromatic carbocycles. The summed E-state index contributed by atoms with van der Waals surface area (Å²) in [4.78, 5) is 16.4. The van der Waals surface area contributed by atoms with E-state index in [1.54, 1.807) is 0 Å². The van der Waals surface area contributed by atoms with Crippen molar-refractivity contribution in [3.8, 4) is 0 Å². The molecule has 4 nitrogen and oxygen atoms in total. The Morgan fingerprint density at radius 3 is 2.83 bits per heavy atom. The van der Waals surface area contributed by atoms with Gasteiger partial charge in [-0.2, -0.15) is 0 Å². The van der Waals surface area contributed by atoms with Crippen LogP contribution in [0.1, 0.15) is 33.1 Å². The number of piperidine rings is 2. The Labute approximate surface area is 110 Å². The summed E-state index contributed by atoms with van der Waals surface area (Å²) in [5, 5.41) is 0. The van der Waals surface area contributed by atoms with Crippen LogP contribution in [-0.4, -0.2) is 61.1 Å². The van der Waals surface area contributed by atoms with Gasteiger partial charge in [-0.05, 0) is 52.6 Å². The van der Waals surface area contributed by atoms with Gasteiger partial charge in [0.05, 0.1) is 12.6 Å². The lowest BCUT2D eigenvalue weighted by atomic mass is 9.84. The number of hydrogen-bond donors (Lipinski definition) is 0. The predicted molar refractivity (Wildman–Crippen MR) is 71.4 cm³/mol. The monoisotopic (exact) mass is 254 g/mol. The second-order valence-electron chi connectivity index (χ2n) is 6.01. The summed E-state index contributed by atoms with van der Waals surface area (Å²) in [6, 6.07) is 0.733. The van der Waals surface area contributed by atoms with Gasteiger partial charge >= 0.3 is 5.97 Å². The number of rotatable bonds is 3. The molecule has 2 heterocycles. The zero-order valence-corrected chi connectivity index (χ0v) is 11.9. The Morgan fingerprint density at radius 2 is 2.11 bits per heavy atom. The maximum Gasteiger partial charge on any atom is 0.320 e. The molecule has 2 fully saturated rings. The number of hydrogen-bond acceptors (Lipinski definition) is 4. The van der Waals surface area contributed by atoms with E-state index in [0.29, 0.717) is 6.54 Å². The van der Waals surface area contributed by atoms with Gasteiger partial charge in [0, 0.05) is 19.1 Å². The number of ether oxygens (including phenoxy) is 1. The molecule has 0 aromatic heterocycles. The van der Waals surface area contributed by atoms with Crippen LogP contribution >= 0.6 is 0 Å².